The van der Waals surface area contributed by atoms with Crippen molar-refractivity contribution in [1.82, 2.24) is 0 Å². The Labute approximate surface area is 105 Å². The average Bonchev–Trinajstić information content (AvgIpc) is 2.36. The van der Waals surface area contributed by atoms with Crippen LogP contribution < -0.4 is 0 Å². The summed E-state index contributed by atoms with van der Waals surface area (Å²) in [6, 6.07) is 8.64. The third kappa shape index (κ3) is 3.56. The highest BCUT2D eigenvalue weighted by atomic mass is 16.5. The third-order valence-electron chi connectivity index (χ3n) is 2.20. The summed E-state index contributed by atoms with van der Waals surface area (Å²) in [5.74, 6) is -1.01. The number of nitriles is 1. The summed E-state index contributed by atoms with van der Waals surface area (Å²) >= 11 is 0. The van der Waals surface area contributed by atoms with Gasteiger partial charge in [0.2, 0.25) is 0 Å². The fourth-order valence-electron chi connectivity index (χ4n) is 1.38. The standard InChI is InChI=1S/C14H13NO3/c1-3-18-14(17)13(10(2)16)8-11-5-4-6-12(7-11)9-15/h4-8H,3H2,1-2H3. The summed E-state index contributed by atoms with van der Waals surface area (Å²) < 4.78 is 4.80. The molecule has 1 aromatic rings. The number of ketones is 1. The van der Waals surface area contributed by atoms with E-state index in [9.17, 15) is 9.59 Å². The molecular formula is C14H13NO3. The van der Waals surface area contributed by atoms with Crippen LogP contribution in [0.15, 0.2) is 29.8 Å². The van der Waals surface area contributed by atoms with Crippen LogP contribution in [0.2, 0.25) is 0 Å². The summed E-state index contributed by atoms with van der Waals surface area (Å²) in [6.45, 7) is 3.19. The van der Waals surface area contributed by atoms with Crippen molar-refractivity contribution in [2.75, 3.05) is 6.61 Å². The topological polar surface area (TPSA) is 67.2 Å². The maximum absolute atomic E-state index is 11.6. The van der Waals surface area contributed by atoms with Crippen molar-refractivity contribution >= 4 is 17.8 Å². The molecule has 0 amide bonds. The minimum Gasteiger partial charge on any atom is -0.462 e. The molecule has 0 saturated carbocycles. The highest BCUT2D eigenvalue weighted by Crippen LogP contribution is 2.11. The maximum atomic E-state index is 11.6. The van der Waals surface area contributed by atoms with Gasteiger partial charge in [-0.15, -0.1) is 0 Å². The second-order valence-electron chi connectivity index (χ2n) is 3.57. The van der Waals surface area contributed by atoms with Crippen LogP contribution in [0.25, 0.3) is 6.08 Å². The number of ether oxygens (including phenoxy) is 1. The van der Waals surface area contributed by atoms with E-state index in [1.807, 2.05) is 6.07 Å². The molecule has 0 atom stereocenters. The Morgan fingerprint density at radius 2 is 2.17 bits per heavy atom. The first kappa shape index (κ1) is 13.7. The SMILES string of the molecule is CCOC(=O)C(=Cc1cccc(C#N)c1)C(C)=O. The van der Waals surface area contributed by atoms with Crippen LogP contribution in [0.5, 0.6) is 0 Å². The predicted octanol–water partition coefficient (Wildman–Crippen LogP) is 2.09. The average molecular weight is 243 g/mol. The molecule has 92 valence electrons. The number of nitrogens with zero attached hydrogens (tertiary/aromatic N) is 1. The summed E-state index contributed by atoms with van der Waals surface area (Å²) in [6.07, 6.45) is 1.43. The summed E-state index contributed by atoms with van der Waals surface area (Å²) in [5.41, 5.74) is 1.06. The fourth-order valence-corrected chi connectivity index (χ4v) is 1.38. The monoisotopic (exact) mass is 243 g/mol. The number of carbonyl (C=O) groups excluding carboxylic acids is 2. The number of rotatable bonds is 4. The van der Waals surface area contributed by atoms with Gasteiger partial charge in [-0.2, -0.15) is 5.26 Å². The molecule has 0 saturated heterocycles. The van der Waals surface area contributed by atoms with Gasteiger partial charge in [0.05, 0.1) is 18.2 Å². The van der Waals surface area contributed by atoms with Crippen molar-refractivity contribution in [3.05, 3.63) is 41.0 Å². The first-order chi connectivity index (χ1) is 8.58. The first-order valence-corrected chi connectivity index (χ1v) is 5.48. The van der Waals surface area contributed by atoms with E-state index < -0.39 is 5.97 Å². The van der Waals surface area contributed by atoms with Gasteiger partial charge in [0, 0.05) is 0 Å². The lowest BCUT2D eigenvalue weighted by Gasteiger charge is -2.03. The molecule has 18 heavy (non-hydrogen) atoms. The minimum absolute atomic E-state index is 0.0214. The molecule has 1 rings (SSSR count). The van der Waals surface area contributed by atoms with E-state index in [1.165, 1.54) is 13.0 Å². The highest BCUT2D eigenvalue weighted by Gasteiger charge is 2.15. The van der Waals surface area contributed by atoms with Crippen molar-refractivity contribution in [3.8, 4) is 6.07 Å². The van der Waals surface area contributed by atoms with Crippen LogP contribution >= 0.6 is 0 Å². The van der Waals surface area contributed by atoms with Gasteiger partial charge >= 0.3 is 5.97 Å². The molecule has 0 aliphatic rings. The van der Waals surface area contributed by atoms with Crippen LogP contribution in [0.4, 0.5) is 0 Å². The number of Topliss-reactive ketones (excluding diaryl/α,β-unsaturated/α-hetero) is 1. The Morgan fingerprint density at radius 3 is 2.72 bits per heavy atom. The van der Waals surface area contributed by atoms with Crippen molar-refractivity contribution in [3.63, 3.8) is 0 Å². The van der Waals surface area contributed by atoms with E-state index in [2.05, 4.69) is 0 Å². The Balaban J connectivity index is 3.12. The largest absolute Gasteiger partial charge is 0.462 e. The van der Waals surface area contributed by atoms with Crippen LogP contribution in [0, 0.1) is 11.3 Å². The van der Waals surface area contributed by atoms with E-state index in [0.29, 0.717) is 11.1 Å². The first-order valence-electron chi connectivity index (χ1n) is 5.48. The lowest BCUT2D eigenvalue weighted by molar-refractivity contribution is -0.139. The van der Waals surface area contributed by atoms with Crippen LogP contribution in [0.3, 0.4) is 0 Å². The predicted molar refractivity (Wildman–Crippen MR) is 66.4 cm³/mol. The summed E-state index contributed by atoms with van der Waals surface area (Å²) in [7, 11) is 0. The van der Waals surface area contributed by atoms with Gasteiger partial charge in [-0.05, 0) is 37.6 Å². The quantitative estimate of drug-likeness (QED) is 0.351. The summed E-state index contributed by atoms with van der Waals surface area (Å²) in [4.78, 5) is 23.0. The molecule has 4 nitrogen and oxygen atoms in total. The fraction of sp³-hybridized carbons (Fsp3) is 0.214. The number of carbonyl (C=O) groups is 2. The Morgan fingerprint density at radius 1 is 1.44 bits per heavy atom. The van der Waals surface area contributed by atoms with Gasteiger partial charge in [0.1, 0.15) is 5.57 Å². The van der Waals surface area contributed by atoms with Gasteiger partial charge in [0.15, 0.2) is 5.78 Å². The summed E-state index contributed by atoms with van der Waals surface area (Å²) in [5, 5.41) is 8.77. The van der Waals surface area contributed by atoms with Crippen molar-refractivity contribution in [2.45, 2.75) is 13.8 Å². The second-order valence-corrected chi connectivity index (χ2v) is 3.57. The van der Waals surface area contributed by atoms with Crippen LogP contribution in [-0.2, 0) is 14.3 Å². The highest BCUT2D eigenvalue weighted by molar-refractivity contribution is 6.19. The van der Waals surface area contributed by atoms with Gasteiger partial charge in [-0.1, -0.05) is 12.1 Å². The molecule has 0 unspecified atom stereocenters. The number of esters is 1. The molecule has 0 aliphatic carbocycles. The molecule has 0 aromatic heterocycles. The van der Waals surface area contributed by atoms with Crippen LogP contribution in [-0.4, -0.2) is 18.4 Å². The third-order valence-corrected chi connectivity index (χ3v) is 2.20. The second kappa shape index (κ2) is 6.36. The molecule has 0 bridgehead atoms. The minimum atomic E-state index is -0.646. The van der Waals surface area contributed by atoms with E-state index in [-0.39, 0.29) is 18.0 Å². The lowest BCUT2D eigenvalue weighted by Crippen LogP contribution is -2.13. The number of benzene rings is 1. The molecule has 0 N–H and O–H groups in total. The normalized spacial score (nSPS) is 10.6. The van der Waals surface area contributed by atoms with Crippen molar-refractivity contribution in [2.24, 2.45) is 0 Å². The zero-order valence-corrected chi connectivity index (χ0v) is 10.3. The van der Waals surface area contributed by atoms with Crippen molar-refractivity contribution < 1.29 is 14.3 Å². The van der Waals surface area contributed by atoms with Crippen LogP contribution in [0.1, 0.15) is 25.0 Å². The Kier molecular flexibility index (Phi) is 4.82. The van der Waals surface area contributed by atoms with E-state index in [4.69, 9.17) is 10.00 Å². The molecule has 0 fully saturated rings. The molecular weight excluding hydrogens is 230 g/mol. The Hall–Kier alpha value is -2.41. The molecule has 0 heterocycles. The Bertz CT molecular complexity index is 538. The number of hydrogen-bond donors (Lipinski definition) is 0. The molecule has 1 aromatic carbocycles. The number of hydrogen-bond acceptors (Lipinski definition) is 4. The van der Waals surface area contributed by atoms with E-state index in [1.54, 1.807) is 31.2 Å². The van der Waals surface area contributed by atoms with E-state index >= 15 is 0 Å². The molecule has 4 heteroatoms. The van der Waals surface area contributed by atoms with Gasteiger partial charge in [-0.25, -0.2) is 4.79 Å². The van der Waals surface area contributed by atoms with E-state index in [0.717, 1.165) is 0 Å². The zero-order chi connectivity index (χ0) is 13.5. The smallest absolute Gasteiger partial charge is 0.341 e. The zero-order valence-electron chi connectivity index (χ0n) is 10.3. The van der Waals surface area contributed by atoms with Crippen molar-refractivity contribution in [1.29, 1.82) is 5.26 Å². The molecule has 0 spiro atoms. The molecule has 0 aliphatic heterocycles. The van der Waals surface area contributed by atoms with Gasteiger partial charge in [-0.3, -0.25) is 4.79 Å². The van der Waals surface area contributed by atoms with Gasteiger partial charge in [0.25, 0.3) is 0 Å². The maximum Gasteiger partial charge on any atom is 0.341 e. The lowest BCUT2D eigenvalue weighted by atomic mass is 10.1. The molecule has 0 radical (unpaired) electrons. The van der Waals surface area contributed by atoms with Gasteiger partial charge < -0.3 is 4.74 Å².